The maximum atomic E-state index is 11.1. The summed E-state index contributed by atoms with van der Waals surface area (Å²) >= 11 is 0. The maximum Gasteiger partial charge on any atom is 0.344 e. The van der Waals surface area contributed by atoms with Gasteiger partial charge in [0.1, 0.15) is 11.9 Å². The van der Waals surface area contributed by atoms with Gasteiger partial charge in [0.05, 0.1) is 0 Å². The Labute approximate surface area is 130 Å². The van der Waals surface area contributed by atoms with Gasteiger partial charge >= 0.3 is 5.97 Å². The molecule has 6 nitrogen and oxygen atoms in total. The zero-order valence-corrected chi connectivity index (χ0v) is 13.6. The minimum absolute atomic E-state index is 0.369. The number of carboxylic acid groups (broad SMARTS) is 1. The van der Waals surface area contributed by atoms with Crippen LogP contribution in [0.1, 0.15) is 36.1 Å². The minimum atomic E-state index is -0.998. The first-order chi connectivity index (χ1) is 10.3. The van der Waals surface area contributed by atoms with Gasteiger partial charge in [0.25, 0.3) is 0 Å². The molecule has 2 N–H and O–H groups in total. The van der Waals surface area contributed by atoms with E-state index in [0.717, 1.165) is 11.1 Å². The van der Waals surface area contributed by atoms with Crippen molar-refractivity contribution < 1.29 is 29.2 Å². The fourth-order valence-electron chi connectivity index (χ4n) is 2.22. The van der Waals surface area contributed by atoms with E-state index in [1.54, 1.807) is 26.0 Å². The van der Waals surface area contributed by atoms with Crippen molar-refractivity contribution in [2.24, 2.45) is 0 Å². The van der Waals surface area contributed by atoms with Crippen LogP contribution in [0.5, 0.6) is 5.75 Å². The number of aliphatic hydroxyl groups excluding tert-OH is 1. The largest absolute Gasteiger partial charge is 0.479 e. The molecule has 0 fully saturated rings. The van der Waals surface area contributed by atoms with Crippen molar-refractivity contribution in [3.8, 4) is 5.75 Å². The summed E-state index contributed by atoms with van der Waals surface area (Å²) in [6, 6.07) is 3.48. The number of carboxylic acids is 1. The van der Waals surface area contributed by atoms with Crippen molar-refractivity contribution in [2.75, 3.05) is 14.2 Å². The lowest BCUT2D eigenvalue weighted by Gasteiger charge is -2.23. The van der Waals surface area contributed by atoms with Gasteiger partial charge in [0.15, 0.2) is 12.4 Å². The molecule has 0 radical (unpaired) electrons. The molecule has 0 spiro atoms. The zero-order chi connectivity index (χ0) is 16.9. The van der Waals surface area contributed by atoms with Crippen LogP contribution in [0.25, 0.3) is 0 Å². The smallest absolute Gasteiger partial charge is 0.344 e. The molecule has 0 aliphatic carbocycles. The molecule has 0 heterocycles. The predicted molar refractivity (Wildman–Crippen MR) is 81.0 cm³/mol. The third-order valence-corrected chi connectivity index (χ3v) is 3.52. The van der Waals surface area contributed by atoms with E-state index in [1.807, 2.05) is 6.92 Å². The summed E-state index contributed by atoms with van der Waals surface area (Å²) in [5, 5.41) is 19.4. The van der Waals surface area contributed by atoms with Gasteiger partial charge in [-0.05, 0) is 49.1 Å². The molecule has 124 valence electrons. The SMILES string of the molecule is CCC(Oc1cc(C)c(C(O)C(OC)OC)cc1C)C(=O)O. The quantitative estimate of drug-likeness (QED) is 0.716. The highest BCUT2D eigenvalue weighted by Crippen LogP contribution is 2.30. The lowest BCUT2D eigenvalue weighted by atomic mass is 9.99. The summed E-state index contributed by atoms with van der Waals surface area (Å²) < 4.78 is 15.7. The molecule has 0 aliphatic rings. The minimum Gasteiger partial charge on any atom is -0.479 e. The zero-order valence-electron chi connectivity index (χ0n) is 13.6. The van der Waals surface area contributed by atoms with E-state index in [2.05, 4.69) is 0 Å². The third kappa shape index (κ3) is 4.19. The fourth-order valence-corrected chi connectivity index (χ4v) is 2.22. The average Bonchev–Trinajstić information content (AvgIpc) is 2.48. The third-order valence-electron chi connectivity index (χ3n) is 3.52. The summed E-state index contributed by atoms with van der Waals surface area (Å²) in [5.74, 6) is -0.503. The second kappa shape index (κ2) is 8.12. The molecule has 1 rings (SSSR count). The Morgan fingerprint density at radius 1 is 1.18 bits per heavy atom. The molecule has 2 atom stereocenters. The Kier molecular flexibility index (Phi) is 6.80. The van der Waals surface area contributed by atoms with E-state index in [-0.39, 0.29) is 0 Å². The number of hydrogen-bond acceptors (Lipinski definition) is 5. The Bertz CT molecular complexity index is 510. The summed E-state index contributed by atoms with van der Waals surface area (Å²) in [7, 11) is 2.91. The van der Waals surface area contributed by atoms with Gasteiger partial charge in [-0.3, -0.25) is 0 Å². The van der Waals surface area contributed by atoms with E-state index in [1.165, 1.54) is 14.2 Å². The van der Waals surface area contributed by atoms with Gasteiger partial charge < -0.3 is 24.4 Å². The number of ether oxygens (including phenoxy) is 3. The van der Waals surface area contributed by atoms with Gasteiger partial charge in [-0.25, -0.2) is 4.79 Å². The monoisotopic (exact) mass is 312 g/mol. The summed E-state index contributed by atoms with van der Waals surface area (Å²) in [4.78, 5) is 11.1. The molecule has 6 heteroatoms. The highest BCUT2D eigenvalue weighted by atomic mass is 16.7. The van der Waals surface area contributed by atoms with Crippen LogP contribution < -0.4 is 4.74 Å². The van der Waals surface area contributed by atoms with Gasteiger partial charge in [0.2, 0.25) is 0 Å². The van der Waals surface area contributed by atoms with Crippen LogP contribution in [0, 0.1) is 13.8 Å². The number of rotatable bonds is 8. The molecular formula is C16H24O6. The molecular weight excluding hydrogens is 288 g/mol. The Morgan fingerprint density at radius 2 is 1.77 bits per heavy atom. The average molecular weight is 312 g/mol. The molecule has 0 saturated heterocycles. The summed E-state index contributed by atoms with van der Waals surface area (Å²) in [5.41, 5.74) is 2.17. The Balaban J connectivity index is 3.08. The van der Waals surface area contributed by atoms with Crippen molar-refractivity contribution in [3.63, 3.8) is 0 Å². The van der Waals surface area contributed by atoms with Crippen LogP contribution in [0.2, 0.25) is 0 Å². The van der Waals surface area contributed by atoms with E-state index < -0.39 is 24.5 Å². The van der Waals surface area contributed by atoms with Gasteiger partial charge in [0, 0.05) is 14.2 Å². The molecule has 0 bridgehead atoms. The highest BCUT2D eigenvalue weighted by molar-refractivity contribution is 5.72. The van der Waals surface area contributed by atoms with Gasteiger partial charge in [-0.1, -0.05) is 6.92 Å². The predicted octanol–water partition coefficient (Wildman–Crippen LogP) is 2.20. The highest BCUT2D eigenvalue weighted by Gasteiger charge is 2.24. The normalized spacial score (nSPS) is 14.0. The second-order valence-corrected chi connectivity index (χ2v) is 5.11. The number of hydrogen-bond donors (Lipinski definition) is 2. The molecule has 1 aromatic carbocycles. The van der Waals surface area contributed by atoms with Crippen LogP contribution >= 0.6 is 0 Å². The van der Waals surface area contributed by atoms with E-state index >= 15 is 0 Å². The molecule has 22 heavy (non-hydrogen) atoms. The molecule has 0 amide bonds. The van der Waals surface area contributed by atoms with E-state index in [4.69, 9.17) is 19.3 Å². The number of aryl methyl sites for hydroxylation is 2. The second-order valence-electron chi connectivity index (χ2n) is 5.11. The number of aliphatic carboxylic acids is 1. The van der Waals surface area contributed by atoms with Gasteiger partial charge in [-0.2, -0.15) is 0 Å². The summed E-state index contributed by atoms with van der Waals surface area (Å²) in [6.07, 6.45) is -2.23. The van der Waals surface area contributed by atoms with Crippen molar-refractivity contribution in [3.05, 3.63) is 28.8 Å². The van der Waals surface area contributed by atoms with Gasteiger partial charge in [-0.15, -0.1) is 0 Å². The molecule has 0 aliphatic heterocycles. The van der Waals surface area contributed by atoms with E-state index in [9.17, 15) is 9.90 Å². The van der Waals surface area contributed by atoms with Crippen molar-refractivity contribution in [2.45, 2.75) is 45.7 Å². The first-order valence-electron chi connectivity index (χ1n) is 7.09. The molecule has 1 aromatic rings. The number of benzene rings is 1. The first-order valence-corrected chi connectivity index (χ1v) is 7.09. The van der Waals surface area contributed by atoms with Crippen molar-refractivity contribution >= 4 is 5.97 Å². The number of aliphatic hydroxyl groups is 1. The molecule has 0 aromatic heterocycles. The maximum absolute atomic E-state index is 11.1. The Morgan fingerprint density at radius 3 is 2.23 bits per heavy atom. The van der Waals surface area contributed by atoms with Crippen LogP contribution in [0.15, 0.2) is 12.1 Å². The number of methoxy groups -OCH3 is 2. The first kappa shape index (κ1) is 18.4. The van der Waals surface area contributed by atoms with Crippen molar-refractivity contribution in [1.82, 2.24) is 0 Å². The van der Waals surface area contributed by atoms with E-state index in [0.29, 0.717) is 17.7 Å². The fraction of sp³-hybridized carbons (Fsp3) is 0.562. The molecule has 0 saturated carbocycles. The van der Waals surface area contributed by atoms with Crippen molar-refractivity contribution in [1.29, 1.82) is 0 Å². The van der Waals surface area contributed by atoms with Crippen LogP contribution in [0.3, 0.4) is 0 Å². The topological polar surface area (TPSA) is 85.2 Å². The van der Waals surface area contributed by atoms with Crippen LogP contribution in [-0.4, -0.2) is 42.8 Å². The standard InChI is InChI=1S/C16H24O6/c1-6-12(15(18)19)22-13-8-9(2)11(7-10(13)3)14(17)16(20-4)21-5/h7-8,12,14,16-17H,6H2,1-5H3,(H,18,19). The number of carbonyl (C=O) groups is 1. The Hall–Kier alpha value is -1.63. The summed E-state index contributed by atoms with van der Waals surface area (Å²) in [6.45, 7) is 5.37. The lowest BCUT2D eigenvalue weighted by Crippen LogP contribution is -2.26. The molecule has 2 unspecified atom stereocenters. The lowest BCUT2D eigenvalue weighted by molar-refractivity contribution is -0.166. The van der Waals surface area contributed by atoms with Crippen LogP contribution in [0.4, 0.5) is 0 Å². The van der Waals surface area contributed by atoms with Crippen LogP contribution in [-0.2, 0) is 14.3 Å².